The van der Waals surface area contributed by atoms with Crippen LogP contribution in [0.2, 0.25) is 0 Å². The first-order valence-electron chi connectivity index (χ1n) is 6.72. The molecule has 116 valence electrons. The van der Waals surface area contributed by atoms with Gasteiger partial charge in [-0.2, -0.15) is 0 Å². The van der Waals surface area contributed by atoms with Crippen LogP contribution in [0.5, 0.6) is 0 Å². The first-order chi connectivity index (χ1) is 10.5. The Kier molecular flexibility index (Phi) is 5.30. The number of nitrogens with one attached hydrogen (secondary N) is 1. The molecule has 0 aliphatic carbocycles. The predicted molar refractivity (Wildman–Crippen MR) is 82.6 cm³/mol. The van der Waals surface area contributed by atoms with Gasteiger partial charge in [0.05, 0.1) is 24.5 Å². The van der Waals surface area contributed by atoms with E-state index in [9.17, 15) is 13.2 Å². The predicted octanol–water partition coefficient (Wildman–Crippen LogP) is 2.27. The average molecular weight is 319 g/mol. The standard InChI is InChI=1S/C16H17NO4S/c1-21-16(18)12-15(13-8-4-2-5-9-13)17-22(19,20)14-10-6-3-7-11-14/h2-11,15,17H,12H2,1H3. The molecule has 0 spiro atoms. The summed E-state index contributed by atoms with van der Waals surface area (Å²) >= 11 is 0. The Balaban J connectivity index is 2.28. The summed E-state index contributed by atoms with van der Waals surface area (Å²) in [4.78, 5) is 11.7. The molecule has 2 aromatic carbocycles. The van der Waals surface area contributed by atoms with Crippen LogP contribution in [-0.4, -0.2) is 21.5 Å². The molecular formula is C16H17NO4S. The van der Waals surface area contributed by atoms with Crippen molar-refractivity contribution < 1.29 is 17.9 Å². The van der Waals surface area contributed by atoms with Crippen LogP contribution < -0.4 is 4.72 Å². The molecule has 0 aliphatic heterocycles. The third-order valence-corrected chi connectivity index (χ3v) is 4.64. The van der Waals surface area contributed by atoms with Crippen molar-refractivity contribution in [1.82, 2.24) is 4.72 Å². The molecule has 0 fully saturated rings. The third kappa shape index (κ3) is 4.16. The summed E-state index contributed by atoms with van der Waals surface area (Å²) in [6, 6.07) is 16.3. The van der Waals surface area contributed by atoms with E-state index in [0.717, 1.165) is 0 Å². The summed E-state index contributed by atoms with van der Waals surface area (Å²) in [6.07, 6.45) is -0.0768. The molecular weight excluding hydrogens is 302 g/mol. The zero-order valence-corrected chi connectivity index (χ0v) is 12.9. The minimum Gasteiger partial charge on any atom is -0.469 e. The molecule has 0 heterocycles. The number of sulfonamides is 1. The Labute approximate surface area is 130 Å². The van der Waals surface area contributed by atoms with Crippen LogP contribution in [0.1, 0.15) is 18.0 Å². The van der Waals surface area contributed by atoms with E-state index < -0.39 is 22.0 Å². The van der Waals surface area contributed by atoms with Gasteiger partial charge in [-0.3, -0.25) is 4.79 Å². The Morgan fingerprint density at radius 1 is 1.05 bits per heavy atom. The smallest absolute Gasteiger partial charge is 0.307 e. The Morgan fingerprint density at radius 3 is 2.14 bits per heavy atom. The van der Waals surface area contributed by atoms with E-state index in [4.69, 9.17) is 0 Å². The van der Waals surface area contributed by atoms with Gasteiger partial charge in [0, 0.05) is 0 Å². The fourth-order valence-electron chi connectivity index (χ4n) is 2.02. The van der Waals surface area contributed by atoms with Gasteiger partial charge in [0.15, 0.2) is 0 Å². The molecule has 5 nitrogen and oxygen atoms in total. The second kappa shape index (κ2) is 7.20. The van der Waals surface area contributed by atoms with E-state index >= 15 is 0 Å². The highest BCUT2D eigenvalue weighted by atomic mass is 32.2. The Morgan fingerprint density at radius 2 is 1.59 bits per heavy atom. The topological polar surface area (TPSA) is 72.5 Å². The zero-order chi connectivity index (χ0) is 16.0. The van der Waals surface area contributed by atoms with Crippen LogP contribution in [0.15, 0.2) is 65.6 Å². The lowest BCUT2D eigenvalue weighted by molar-refractivity contribution is -0.141. The van der Waals surface area contributed by atoms with Gasteiger partial charge < -0.3 is 4.74 Å². The molecule has 0 saturated carbocycles. The van der Waals surface area contributed by atoms with Crippen molar-refractivity contribution in [3.63, 3.8) is 0 Å². The van der Waals surface area contributed by atoms with Crippen LogP contribution >= 0.6 is 0 Å². The first-order valence-corrected chi connectivity index (χ1v) is 8.20. The van der Waals surface area contributed by atoms with E-state index in [2.05, 4.69) is 9.46 Å². The average Bonchev–Trinajstić information content (AvgIpc) is 2.55. The van der Waals surface area contributed by atoms with Crippen LogP contribution in [0.3, 0.4) is 0 Å². The number of hydrogen-bond acceptors (Lipinski definition) is 4. The molecule has 1 N–H and O–H groups in total. The third-order valence-electron chi connectivity index (χ3n) is 3.15. The number of esters is 1. The molecule has 0 amide bonds. The molecule has 1 unspecified atom stereocenters. The highest BCUT2D eigenvalue weighted by Gasteiger charge is 2.23. The number of methoxy groups -OCH3 is 1. The minimum absolute atomic E-state index is 0.0768. The summed E-state index contributed by atoms with van der Waals surface area (Å²) in [5.41, 5.74) is 0.701. The number of benzene rings is 2. The van der Waals surface area contributed by atoms with Gasteiger partial charge >= 0.3 is 5.97 Å². The van der Waals surface area contributed by atoms with Gasteiger partial charge in [-0.25, -0.2) is 13.1 Å². The van der Waals surface area contributed by atoms with Crippen molar-refractivity contribution in [2.75, 3.05) is 7.11 Å². The first kappa shape index (κ1) is 16.2. The lowest BCUT2D eigenvalue weighted by Crippen LogP contribution is -2.30. The maximum atomic E-state index is 12.4. The van der Waals surface area contributed by atoms with E-state index in [1.54, 1.807) is 42.5 Å². The number of hydrogen-bond donors (Lipinski definition) is 1. The molecule has 0 bridgehead atoms. The van der Waals surface area contributed by atoms with Crippen molar-refractivity contribution in [2.24, 2.45) is 0 Å². The SMILES string of the molecule is COC(=O)CC(NS(=O)(=O)c1ccccc1)c1ccccc1. The van der Waals surface area contributed by atoms with Gasteiger partial charge in [-0.1, -0.05) is 48.5 Å². The molecule has 1 atom stereocenters. The van der Waals surface area contributed by atoms with E-state index in [1.807, 2.05) is 6.07 Å². The molecule has 2 aromatic rings. The minimum atomic E-state index is -3.72. The number of rotatable bonds is 6. The Hall–Kier alpha value is -2.18. The quantitative estimate of drug-likeness (QED) is 0.829. The highest BCUT2D eigenvalue weighted by molar-refractivity contribution is 7.89. The van der Waals surface area contributed by atoms with Gasteiger partial charge in [0.2, 0.25) is 10.0 Å². The molecule has 0 radical (unpaired) electrons. The number of carbonyl (C=O) groups excluding carboxylic acids is 1. The van der Waals surface area contributed by atoms with E-state index in [1.165, 1.54) is 19.2 Å². The summed E-state index contributed by atoms with van der Waals surface area (Å²) in [5, 5.41) is 0. The van der Waals surface area contributed by atoms with Gasteiger partial charge in [-0.15, -0.1) is 0 Å². The molecule has 6 heteroatoms. The maximum Gasteiger partial charge on any atom is 0.307 e. The number of carbonyl (C=O) groups is 1. The van der Waals surface area contributed by atoms with Crippen LogP contribution in [-0.2, 0) is 19.6 Å². The lowest BCUT2D eigenvalue weighted by Gasteiger charge is -2.18. The van der Waals surface area contributed by atoms with Crippen molar-refractivity contribution in [3.8, 4) is 0 Å². The summed E-state index contributed by atoms with van der Waals surface area (Å²) in [5.74, 6) is -0.482. The Bertz CT molecular complexity index is 714. The fraction of sp³-hybridized carbons (Fsp3) is 0.188. The maximum absolute atomic E-state index is 12.4. The monoisotopic (exact) mass is 319 g/mol. The van der Waals surface area contributed by atoms with Gasteiger partial charge in [-0.05, 0) is 17.7 Å². The van der Waals surface area contributed by atoms with Crippen LogP contribution in [0.4, 0.5) is 0 Å². The summed E-state index contributed by atoms with van der Waals surface area (Å²) in [6.45, 7) is 0. The molecule has 0 aromatic heterocycles. The molecule has 22 heavy (non-hydrogen) atoms. The van der Waals surface area contributed by atoms with Gasteiger partial charge in [0.25, 0.3) is 0 Å². The summed E-state index contributed by atoms with van der Waals surface area (Å²) < 4.78 is 32.1. The number of ether oxygens (including phenoxy) is 1. The van der Waals surface area contributed by atoms with Gasteiger partial charge in [0.1, 0.15) is 0 Å². The molecule has 0 saturated heterocycles. The highest BCUT2D eigenvalue weighted by Crippen LogP contribution is 2.20. The normalized spacial score (nSPS) is 12.6. The van der Waals surface area contributed by atoms with E-state index in [-0.39, 0.29) is 11.3 Å². The van der Waals surface area contributed by atoms with Crippen molar-refractivity contribution in [3.05, 3.63) is 66.2 Å². The largest absolute Gasteiger partial charge is 0.469 e. The van der Waals surface area contributed by atoms with Crippen molar-refractivity contribution in [1.29, 1.82) is 0 Å². The second-order valence-electron chi connectivity index (χ2n) is 4.68. The fourth-order valence-corrected chi connectivity index (χ4v) is 3.26. The van der Waals surface area contributed by atoms with E-state index in [0.29, 0.717) is 5.56 Å². The van der Waals surface area contributed by atoms with Crippen LogP contribution in [0.25, 0.3) is 0 Å². The zero-order valence-electron chi connectivity index (χ0n) is 12.1. The van der Waals surface area contributed by atoms with Crippen molar-refractivity contribution >= 4 is 16.0 Å². The summed E-state index contributed by atoms with van der Waals surface area (Å²) in [7, 11) is -2.45. The van der Waals surface area contributed by atoms with Crippen LogP contribution in [0, 0.1) is 0 Å². The van der Waals surface area contributed by atoms with Crippen molar-refractivity contribution in [2.45, 2.75) is 17.4 Å². The second-order valence-corrected chi connectivity index (χ2v) is 6.39. The lowest BCUT2D eigenvalue weighted by atomic mass is 10.1. The molecule has 2 rings (SSSR count). The molecule has 0 aliphatic rings.